The van der Waals surface area contributed by atoms with Gasteiger partial charge in [-0.25, -0.2) is 4.98 Å². The number of imidazole rings is 1. The molecule has 4 rings (SSSR count). The number of hydrogen-bond donors (Lipinski definition) is 2. The highest BCUT2D eigenvalue weighted by atomic mass is 16.3. The topological polar surface area (TPSA) is 80.3 Å². The average molecular weight is 284 g/mol. The highest BCUT2D eigenvalue weighted by molar-refractivity contribution is 5.36. The van der Waals surface area contributed by atoms with E-state index < -0.39 is 0 Å². The molecule has 3 atom stereocenters. The predicted molar refractivity (Wildman–Crippen MR) is 75.5 cm³/mol. The van der Waals surface area contributed by atoms with Crippen LogP contribution >= 0.6 is 0 Å². The average Bonchev–Trinajstić information content (AvgIpc) is 3.13. The smallest absolute Gasteiger partial charge is 0.155 e. The predicted octanol–water partition coefficient (Wildman–Crippen LogP) is 0.390. The van der Waals surface area contributed by atoms with Gasteiger partial charge in [0.2, 0.25) is 0 Å². The molecule has 1 saturated carbocycles. The Kier molecular flexibility index (Phi) is 2.94. The zero-order valence-corrected chi connectivity index (χ0v) is 11.4. The van der Waals surface area contributed by atoms with Crippen LogP contribution in [0, 0.1) is 0 Å². The van der Waals surface area contributed by atoms with Crippen LogP contribution in [-0.2, 0) is 6.54 Å². The maximum atomic E-state index is 9.95. The van der Waals surface area contributed by atoms with E-state index in [0.717, 1.165) is 17.8 Å². The van der Waals surface area contributed by atoms with Crippen molar-refractivity contribution in [2.24, 2.45) is 0 Å². The second-order valence-electron chi connectivity index (χ2n) is 5.32. The minimum Gasteiger partial charge on any atom is -0.391 e. The molecule has 7 nitrogen and oxygen atoms in total. The van der Waals surface area contributed by atoms with Gasteiger partial charge < -0.3 is 10.4 Å². The van der Waals surface area contributed by atoms with Gasteiger partial charge in [0, 0.05) is 37.4 Å². The summed E-state index contributed by atoms with van der Waals surface area (Å²) >= 11 is 0. The lowest BCUT2D eigenvalue weighted by atomic mass is 9.83. The molecule has 0 bridgehead atoms. The standard InChI is InChI=1S/C14H16N6O/c21-12-6-11(14(12)20-4-1-2-18-20)16-7-10-8-17-13-9-15-3-5-19(10)13/h1-5,8-9,11-12,14,16,21H,6-7H2/t11-,12+,14+/m0/s1. The minimum absolute atomic E-state index is 0.000789. The molecule has 0 spiro atoms. The fourth-order valence-electron chi connectivity index (χ4n) is 2.89. The zero-order chi connectivity index (χ0) is 14.2. The van der Waals surface area contributed by atoms with Crippen LogP contribution in [0.1, 0.15) is 18.2 Å². The van der Waals surface area contributed by atoms with E-state index in [-0.39, 0.29) is 18.2 Å². The lowest BCUT2D eigenvalue weighted by molar-refractivity contribution is -0.00834. The lowest BCUT2D eigenvalue weighted by Crippen LogP contribution is -2.54. The Balaban J connectivity index is 1.47. The molecule has 0 unspecified atom stereocenters. The van der Waals surface area contributed by atoms with Gasteiger partial charge in [-0.05, 0) is 12.5 Å². The normalized spacial score (nSPS) is 25.1. The highest BCUT2D eigenvalue weighted by Crippen LogP contribution is 2.32. The van der Waals surface area contributed by atoms with Crippen molar-refractivity contribution < 1.29 is 5.11 Å². The summed E-state index contributed by atoms with van der Waals surface area (Å²) in [5.74, 6) is 0. The number of nitrogens with one attached hydrogen (secondary N) is 1. The Morgan fingerprint density at radius 3 is 3.05 bits per heavy atom. The summed E-state index contributed by atoms with van der Waals surface area (Å²) in [5, 5.41) is 17.7. The molecule has 1 aliphatic rings. The van der Waals surface area contributed by atoms with E-state index in [1.807, 2.05) is 33.7 Å². The molecule has 2 N–H and O–H groups in total. The maximum Gasteiger partial charge on any atom is 0.155 e. The van der Waals surface area contributed by atoms with Crippen molar-refractivity contribution in [2.45, 2.75) is 31.2 Å². The van der Waals surface area contributed by atoms with Crippen LogP contribution in [0.15, 0.2) is 43.2 Å². The van der Waals surface area contributed by atoms with Crippen molar-refractivity contribution in [2.75, 3.05) is 0 Å². The number of aliphatic hydroxyl groups excluding tert-OH is 1. The van der Waals surface area contributed by atoms with E-state index in [9.17, 15) is 5.11 Å². The first-order valence-electron chi connectivity index (χ1n) is 6.99. The molecule has 3 aromatic heterocycles. The number of fused-ring (bicyclic) bond motifs is 1. The largest absolute Gasteiger partial charge is 0.391 e. The minimum atomic E-state index is -0.339. The maximum absolute atomic E-state index is 9.95. The van der Waals surface area contributed by atoms with E-state index in [0.29, 0.717) is 6.54 Å². The second-order valence-corrected chi connectivity index (χ2v) is 5.32. The fourth-order valence-corrected chi connectivity index (χ4v) is 2.89. The van der Waals surface area contributed by atoms with Gasteiger partial charge in [-0.15, -0.1) is 0 Å². The molecule has 0 aliphatic heterocycles. The van der Waals surface area contributed by atoms with Gasteiger partial charge in [0.1, 0.15) is 0 Å². The van der Waals surface area contributed by atoms with Crippen LogP contribution in [0.4, 0.5) is 0 Å². The monoisotopic (exact) mass is 284 g/mol. The summed E-state index contributed by atoms with van der Waals surface area (Å²) in [6, 6.07) is 2.09. The van der Waals surface area contributed by atoms with E-state index in [1.54, 1.807) is 18.6 Å². The van der Waals surface area contributed by atoms with Crippen molar-refractivity contribution >= 4 is 5.65 Å². The van der Waals surface area contributed by atoms with Gasteiger partial charge in [0.25, 0.3) is 0 Å². The van der Waals surface area contributed by atoms with Crippen molar-refractivity contribution in [3.8, 4) is 0 Å². The Labute approximate surface area is 121 Å². The zero-order valence-electron chi connectivity index (χ0n) is 11.4. The third-order valence-electron chi connectivity index (χ3n) is 4.07. The number of nitrogens with zero attached hydrogens (tertiary/aromatic N) is 5. The number of rotatable bonds is 4. The number of aliphatic hydroxyl groups is 1. The highest BCUT2D eigenvalue weighted by Gasteiger charge is 2.41. The van der Waals surface area contributed by atoms with Gasteiger partial charge >= 0.3 is 0 Å². The van der Waals surface area contributed by atoms with Gasteiger partial charge in [-0.3, -0.25) is 14.1 Å². The molecule has 1 aliphatic carbocycles. The molecule has 1 fully saturated rings. The number of hydrogen-bond acceptors (Lipinski definition) is 5. The SMILES string of the molecule is O[C@@H]1C[C@H](NCc2cnc3cnccn23)[C@H]1n1cccn1. The molecular weight excluding hydrogens is 268 g/mol. The van der Waals surface area contributed by atoms with E-state index in [4.69, 9.17) is 0 Å². The van der Waals surface area contributed by atoms with Crippen molar-refractivity contribution in [1.29, 1.82) is 0 Å². The summed E-state index contributed by atoms with van der Waals surface area (Å²) in [5.41, 5.74) is 1.92. The molecule has 0 amide bonds. The Bertz CT molecular complexity index is 737. The molecule has 7 heteroatoms. The Morgan fingerprint density at radius 2 is 2.24 bits per heavy atom. The van der Waals surface area contributed by atoms with Crippen molar-refractivity contribution in [1.82, 2.24) is 29.5 Å². The molecular formula is C14H16N6O. The fraction of sp³-hybridized carbons (Fsp3) is 0.357. The summed E-state index contributed by atoms with van der Waals surface area (Å²) in [7, 11) is 0. The first-order chi connectivity index (χ1) is 10.3. The van der Waals surface area contributed by atoms with Gasteiger partial charge in [-0.2, -0.15) is 5.10 Å². The van der Waals surface area contributed by atoms with Crippen molar-refractivity contribution in [3.05, 3.63) is 48.9 Å². The second kappa shape index (κ2) is 4.94. The molecule has 108 valence electrons. The van der Waals surface area contributed by atoms with Gasteiger partial charge in [0.15, 0.2) is 5.65 Å². The van der Waals surface area contributed by atoms with E-state index in [1.165, 1.54) is 0 Å². The quantitative estimate of drug-likeness (QED) is 0.724. The van der Waals surface area contributed by atoms with Gasteiger partial charge in [0.05, 0.1) is 30.2 Å². The van der Waals surface area contributed by atoms with E-state index in [2.05, 4.69) is 20.4 Å². The summed E-state index contributed by atoms with van der Waals surface area (Å²) < 4.78 is 3.84. The first-order valence-corrected chi connectivity index (χ1v) is 6.99. The van der Waals surface area contributed by atoms with Crippen LogP contribution in [0.5, 0.6) is 0 Å². The Hall–Kier alpha value is -2.25. The van der Waals surface area contributed by atoms with Crippen LogP contribution in [0.2, 0.25) is 0 Å². The van der Waals surface area contributed by atoms with Crippen LogP contribution in [0.3, 0.4) is 0 Å². The first kappa shape index (κ1) is 12.5. The van der Waals surface area contributed by atoms with Gasteiger partial charge in [-0.1, -0.05) is 0 Å². The molecule has 0 saturated heterocycles. The summed E-state index contributed by atoms with van der Waals surface area (Å²) in [6.07, 6.45) is 11.3. The van der Waals surface area contributed by atoms with Crippen molar-refractivity contribution in [3.63, 3.8) is 0 Å². The third-order valence-corrected chi connectivity index (χ3v) is 4.07. The molecule has 0 radical (unpaired) electrons. The van der Waals surface area contributed by atoms with E-state index >= 15 is 0 Å². The molecule has 0 aromatic carbocycles. The molecule has 3 heterocycles. The third kappa shape index (κ3) is 2.10. The number of aromatic nitrogens is 5. The summed E-state index contributed by atoms with van der Waals surface area (Å²) in [6.45, 7) is 0.695. The van der Waals surface area contributed by atoms with Crippen LogP contribution in [-0.4, -0.2) is 41.4 Å². The lowest BCUT2D eigenvalue weighted by Gasteiger charge is -2.42. The molecule has 3 aromatic rings. The van der Waals surface area contributed by atoms with Crippen LogP contribution in [0.25, 0.3) is 5.65 Å². The Morgan fingerprint density at radius 1 is 1.29 bits per heavy atom. The van der Waals surface area contributed by atoms with Crippen LogP contribution < -0.4 is 5.32 Å². The molecule has 21 heavy (non-hydrogen) atoms. The summed E-state index contributed by atoms with van der Waals surface area (Å²) in [4.78, 5) is 8.37.